The summed E-state index contributed by atoms with van der Waals surface area (Å²) in [4.78, 5) is 2.47. The Kier molecular flexibility index (Phi) is 4.55. The van der Waals surface area contributed by atoms with Crippen LogP contribution in [0.2, 0.25) is 0 Å². The van der Waals surface area contributed by atoms with Gasteiger partial charge in [-0.3, -0.25) is 4.90 Å². The highest BCUT2D eigenvalue weighted by molar-refractivity contribution is 5.61. The van der Waals surface area contributed by atoms with Crippen LogP contribution in [0.1, 0.15) is 24.0 Å². The number of hydrogen-bond acceptors (Lipinski definition) is 4. The predicted octanol–water partition coefficient (Wildman–Crippen LogP) is 1.63. The Labute approximate surface area is 120 Å². The van der Waals surface area contributed by atoms with Gasteiger partial charge in [-0.1, -0.05) is 18.2 Å². The molecule has 0 aromatic heterocycles. The molecule has 0 saturated carbocycles. The molecule has 0 aliphatic carbocycles. The van der Waals surface area contributed by atoms with Gasteiger partial charge in [-0.05, 0) is 36.9 Å². The molecule has 1 saturated heterocycles. The van der Waals surface area contributed by atoms with Crippen molar-refractivity contribution in [3.63, 3.8) is 0 Å². The van der Waals surface area contributed by atoms with E-state index in [0.29, 0.717) is 6.61 Å². The number of fused-ring (bicyclic) bond motifs is 1. The topological polar surface area (TPSA) is 44.7 Å². The Morgan fingerprint density at radius 3 is 3.25 bits per heavy atom. The Bertz CT molecular complexity index is 450. The first-order valence-corrected chi connectivity index (χ1v) is 7.66. The van der Waals surface area contributed by atoms with Gasteiger partial charge in [0.05, 0.1) is 19.3 Å². The molecule has 1 aromatic carbocycles. The van der Waals surface area contributed by atoms with Crippen LogP contribution in [-0.2, 0) is 17.7 Å². The second-order valence-corrected chi connectivity index (χ2v) is 5.72. The molecule has 3 rings (SSSR count). The fourth-order valence-corrected chi connectivity index (χ4v) is 3.30. The van der Waals surface area contributed by atoms with Gasteiger partial charge in [0.25, 0.3) is 0 Å². The highest BCUT2D eigenvalue weighted by atomic mass is 16.5. The van der Waals surface area contributed by atoms with Crippen LogP contribution in [0.5, 0.6) is 0 Å². The molecule has 2 aliphatic rings. The van der Waals surface area contributed by atoms with Crippen molar-refractivity contribution >= 4 is 5.69 Å². The number of hydrogen-bond donors (Lipinski definition) is 2. The number of nitrogens with one attached hydrogen (secondary N) is 1. The van der Waals surface area contributed by atoms with Crippen molar-refractivity contribution in [1.29, 1.82) is 0 Å². The summed E-state index contributed by atoms with van der Waals surface area (Å²) in [7, 11) is 0. The van der Waals surface area contributed by atoms with Crippen LogP contribution in [0.3, 0.4) is 0 Å². The molecule has 0 bridgehead atoms. The van der Waals surface area contributed by atoms with Gasteiger partial charge in [0.2, 0.25) is 0 Å². The van der Waals surface area contributed by atoms with Gasteiger partial charge in [-0.25, -0.2) is 0 Å². The summed E-state index contributed by atoms with van der Waals surface area (Å²) in [6.45, 7) is 4.75. The van der Waals surface area contributed by atoms with Gasteiger partial charge in [0, 0.05) is 25.3 Å². The Morgan fingerprint density at radius 2 is 2.35 bits per heavy atom. The van der Waals surface area contributed by atoms with Gasteiger partial charge < -0.3 is 15.2 Å². The number of para-hydroxylation sites is 1. The standard InChI is InChI=1S/C16H24N2O2/c19-9-10-20-15-5-2-8-18(12-15)11-14-4-1-3-13-6-7-17-16(13)14/h1,3-4,15,17,19H,2,5-12H2. The minimum Gasteiger partial charge on any atom is -0.394 e. The lowest BCUT2D eigenvalue weighted by molar-refractivity contribution is -0.0162. The van der Waals surface area contributed by atoms with E-state index < -0.39 is 0 Å². The van der Waals surface area contributed by atoms with Crippen LogP contribution in [-0.4, -0.2) is 49.0 Å². The zero-order chi connectivity index (χ0) is 13.8. The summed E-state index contributed by atoms with van der Waals surface area (Å²) >= 11 is 0. The average molecular weight is 276 g/mol. The van der Waals surface area contributed by atoms with Crippen molar-refractivity contribution in [2.24, 2.45) is 0 Å². The second kappa shape index (κ2) is 6.57. The Balaban J connectivity index is 1.61. The van der Waals surface area contributed by atoms with E-state index in [0.717, 1.165) is 39.0 Å². The highest BCUT2D eigenvalue weighted by Gasteiger charge is 2.22. The largest absolute Gasteiger partial charge is 0.394 e. The second-order valence-electron chi connectivity index (χ2n) is 5.72. The predicted molar refractivity (Wildman–Crippen MR) is 80.0 cm³/mol. The van der Waals surface area contributed by atoms with Crippen LogP contribution in [0.25, 0.3) is 0 Å². The quantitative estimate of drug-likeness (QED) is 0.858. The number of nitrogens with zero attached hydrogens (tertiary/aromatic N) is 1. The summed E-state index contributed by atoms with van der Waals surface area (Å²) in [5.74, 6) is 0. The van der Waals surface area contributed by atoms with E-state index in [1.165, 1.54) is 23.2 Å². The van der Waals surface area contributed by atoms with E-state index in [1.54, 1.807) is 0 Å². The molecule has 2 aliphatic heterocycles. The zero-order valence-electron chi connectivity index (χ0n) is 12.0. The van der Waals surface area contributed by atoms with E-state index >= 15 is 0 Å². The first-order chi connectivity index (χ1) is 9.86. The zero-order valence-corrected chi connectivity index (χ0v) is 12.0. The maximum absolute atomic E-state index is 8.86. The minimum atomic E-state index is 0.118. The molecule has 0 radical (unpaired) electrons. The minimum absolute atomic E-state index is 0.118. The number of benzene rings is 1. The molecule has 1 aromatic rings. The number of aliphatic hydroxyl groups excluding tert-OH is 1. The van der Waals surface area contributed by atoms with Crippen molar-refractivity contribution < 1.29 is 9.84 Å². The van der Waals surface area contributed by atoms with Crippen molar-refractivity contribution in [1.82, 2.24) is 4.90 Å². The van der Waals surface area contributed by atoms with E-state index in [-0.39, 0.29) is 12.7 Å². The highest BCUT2D eigenvalue weighted by Crippen LogP contribution is 2.28. The lowest BCUT2D eigenvalue weighted by Crippen LogP contribution is -2.39. The molecule has 1 fully saturated rings. The monoisotopic (exact) mass is 276 g/mol. The molecule has 110 valence electrons. The smallest absolute Gasteiger partial charge is 0.0703 e. The number of rotatable bonds is 5. The van der Waals surface area contributed by atoms with Crippen molar-refractivity contribution in [2.75, 3.05) is 38.2 Å². The van der Waals surface area contributed by atoms with Crippen molar-refractivity contribution in [3.05, 3.63) is 29.3 Å². The molecule has 2 N–H and O–H groups in total. The van der Waals surface area contributed by atoms with Crippen LogP contribution in [0.4, 0.5) is 5.69 Å². The van der Waals surface area contributed by atoms with Gasteiger partial charge in [0.1, 0.15) is 0 Å². The molecule has 4 nitrogen and oxygen atoms in total. The van der Waals surface area contributed by atoms with Crippen LogP contribution in [0, 0.1) is 0 Å². The molecule has 1 atom stereocenters. The molecule has 4 heteroatoms. The van der Waals surface area contributed by atoms with Gasteiger partial charge >= 0.3 is 0 Å². The third kappa shape index (κ3) is 3.14. The molecule has 20 heavy (non-hydrogen) atoms. The Hall–Kier alpha value is -1.10. The third-order valence-corrected chi connectivity index (χ3v) is 4.23. The van der Waals surface area contributed by atoms with Gasteiger partial charge in [0.15, 0.2) is 0 Å². The summed E-state index contributed by atoms with van der Waals surface area (Å²) in [5, 5.41) is 12.4. The number of likely N-dealkylation sites (tertiary alicyclic amines) is 1. The van der Waals surface area contributed by atoms with Crippen LogP contribution < -0.4 is 5.32 Å². The molecular formula is C16H24N2O2. The maximum atomic E-state index is 8.86. The Morgan fingerprint density at radius 1 is 1.40 bits per heavy atom. The fourth-order valence-electron chi connectivity index (χ4n) is 3.30. The molecule has 0 amide bonds. The van der Waals surface area contributed by atoms with Crippen LogP contribution in [0.15, 0.2) is 18.2 Å². The number of aliphatic hydroxyl groups is 1. The summed E-state index contributed by atoms with van der Waals surface area (Å²) in [6, 6.07) is 6.63. The lowest BCUT2D eigenvalue weighted by atomic mass is 10.0. The van der Waals surface area contributed by atoms with Crippen molar-refractivity contribution in [3.8, 4) is 0 Å². The summed E-state index contributed by atoms with van der Waals surface area (Å²) in [5.41, 5.74) is 4.21. The number of piperidine rings is 1. The number of anilines is 1. The fraction of sp³-hybridized carbons (Fsp3) is 0.625. The van der Waals surface area contributed by atoms with Gasteiger partial charge in [-0.15, -0.1) is 0 Å². The maximum Gasteiger partial charge on any atom is 0.0703 e. The summed E-state index contributed by atoms with van der Waals surface area (Å²) < 4.78 is 5.69. The van der Waals surface area contributed by atoms with Crippen LogP contribution >= 0.6 is 0 Å². The van der Waals surface area contributed by atoms with E-state index in [2.05, 4.69) is 28.4 Å². The van der Waals surface area contributed by atoms with E-state index in [4.69, 9.17) is 9.84 Å². The molecule has 0 spiro atoms. The lowest BCUT2D eigenvalue weighted by Gasteiger charge is -2.33. The summed E-state index contributed by atoms with van der Waals surface area (Å²) in [6.07, 6.45) is 3.71. The normalized spacial score (nSPS) is 22.6. The van der Waals surface area contributed by atoms with E-state index in [1.807, 2.05) is 0 Å². The SMILES string of the molecule is OCCOC1CCCN(Cc2cccc3c2NCC3)C1. The average Bonchev–Trinajstić information content (AvgIpc) is 2.95. The first-order valence-electron chi connectivity index (χ1n) is 7.66. The van der Waals surface area contributed by atoms with Crippen molar-refractivity contribution in [2.45, 2.75) is 31.9 Å². The van der Waals surface area contributed by atoms with Gasteiger partial charge in [-0.2, -0.15) is 0 Å². The molecule has 2 heterocycles. The molecule has 1 unspecified atom stereocenters. The number of ether oxygens (including phenoxy) is 1. The van der Waals surface area contributed by atoms with E-state index in [9.17, 15) is 0 Å². The third-order valence-electron chi connectivity index (χ3n) is 4.23. The first kappa shape index (κ1) is 13.9. The molecular weight excluding hydrogens is 252 g/mol.